The summed E-state index contributed by atoms with van der Waals surface area (Å²) >= 11 is 0. The molecule has 6 heteroatoms. The van der Waals surface area contributed by atoms with E-state index >= 15 is 0 Å². The number of hydrogen-bond acceptors (Lipinski definition) is 4. The topological polar surface area (TPSA) is 65.5 Å². The van der Waals surface area contributed by atoms with E-state index in [1.165, 1.54) is 11.1 Å². The molecule has 1 aromatic heterocycles. The minimum absolute atomic E-state index is 0.0870. The van der Waals surface area contributed by atoms with Crippen LogP contribution in [0, 0.1) is 6.92 Å². The molecule has 130 valence electrons. The van der Waals surface area contributed by atoms with Gasteiger partial charge in [-0.3, -0.25) is 9.59 Å². The van der Waals surface area contributed by atoms with Crippen molar-refractivity contribution in [3.8, 4) is 0 Å². The van der Waals surface area contributed by atoms with Gasteiger partial charge in [0.25, 0.3) is 5.91 Å². The highest BCUT2D eigenvalue weighted by atomic mass is 16.2. The molecule has 2 heterocycles. The van der Waals surface area contributed by atoms with Crippen molar-refractivity contribution in [3.63, 3.8) is 0 Å². The maximum absolute atomic E-state index is 12.5. The van der Waals surface area contributed by atoms with E-state index in [0.29, 0.717) is 31.9 Å². The Morgan fingerprint density at radius 1 is 1.16 bits per heavy atom. The summed E-state index contributed by atoms with van der Waals surface area (Å²) in [6.45, 7) is 5.05. The first kappa shape index (κ1) is 17.0. The van der Waals surface area contributed by atoms with E-state index < -0.39 is 0 Å². The normalized spacial score (nSPS) is 14.3. The Hall–Kier alpha value is -2.89. The van der Waals surface area contributed by atoms with Crippen molar-refractivity contribution in [2.75, 3.05) is 31.5 Å². The van der Waals surface area contributed by atoms with Gasteiger partial charge in [-0.1, -0.05) is 24.3 Å². The fourth-order valence-corrected chi connectivity index (χ4v) is 2.82. The van der Waals surface area contributed by atoms with Crippen LogP contribution in [0.5, 0.6) is 0 Å². The summed E-state index contributed by atoms with van der Waals surface area (Å²) in [5, 5.41) is 3.33. The molecule has 1 saturated heterocycles. The molecule has 3 rings (SSSR count). The average Bonchev–Trinajstić information content (AvgIpc) is 2.67. The average molecular weight is 338 g/mol. The smallest absolute Gasteiger partial charge is 0.272 e. The molecular formula is C19H22N4O2. The molecule has 2 amide bonds. The van der Waals surface area contributed by atoms with Crippen molar-refractivity contribution in [1.29, 1.82) is 0 Å². The Kier molecular flexibility index (Phi) is 5.28. The molecule has 0 atom stereocenters. The van der Waals surface area contributed by atoms with E-state index in [1.807, 2.05) is 18.2 Å². The second-order valence-corrected chi connectivity index (χ2v) is 6.15. The lowest BCUT2D eigenvalue weighted by molar-refractivity contribution is -0.119. The molecule has 1 aliphatic rings. The molecular weight excluding hydrogens is 316 g/mol. The van der Waals surface area contributed by atoms with E-state index in [9.17, 15) is 9.59 Å². The van der Waals surface area contributed by atoms with Gasteiger partial charge in [-0.15, -0.1) is 0 Å². The quantitative estimate of drug-likeness (QED) is 0.846. The van der Waals surface area contributed by atoms with Crippen molar-refractivity contribution in [3.05, 3.63) is 59.4 Å². The number of anilines is 1. The van der Waals surface area contributed by atoms with Gasteiger partial charge in [0.2, 0.25) is 6.41 Å². The number of amides is 2. The number of aryl methyl sites for hydroxylation is 1. The summed E-state index contributed by atoms with van der Waals surface area (Å²) in [6, 6.07) is 11.8. The third-order valence-corrected chi connectivity index (χ3v) is 4.48. The highest BCUT2D eigenvalue weighted by Gasteiger charge is 2.22. The number of piperazine rings is 1. The van der Waals surface area contributed by atoms with Crippen LogP contribution in [0.3, 0.4) is 0 Å². The molecule has 0 aliphatic carbocycles. The third-order valence-electron chi connectivity index (χ3n) is 4.48. The Bertz CT molecular complexity index is 737. The molecule has 6 nitrogen and oxygen atoms in total. The zero-order valence-corrected chi connectivity index (χ0v) is 14.3. The summed E-state index contributed by atoms with van der Waals surface area (Å²) in [4.78, 5) is 30.9. The predicted octanol–water partition coefficient (Wildman–Crippen LogP) is 1.92. The fraction of sp³-hybridized carbons (Fsp3) is 0.316. The largest absolute Gasteiger partial charge is 0.380 e. The van der Waals surface area contributed by atoms with Crippen molar-refractivity contribution in [1.82, 2.24) is 14.8 Å². The van der Waals surface area contributed by atoms with Crippen molar-refractivity contribution < 1.29 is 9.59 Å². The van der Waals surface area contributed by atoms with Gasteiger partial charge < -0.3 is 15.1 Å². The van der Waals surface area contributed by atoms with E-state index in [1.54, 1.807) is 22.1 Å². The van der Waals surface area contributed by atoms with Crippen molar-refractivity contribution in [2.45, 2.75) is 13.5 Å². The lowest BCUT2D eigenvalue weighted by atomic mass is 10.1. The number of pyridine rings is 1. The van der Waals surface area contributed by atoms with Gasteiger partial charge in [-0.2, -0.15) is 0 Å². The molecule has 1 N–H and O–H groups in total. The van der Waals surface area contributed by atoms with Crippen LogP contribution in [0.15, 0.2) is 42.6 Å². The number of nitrogens with zero attached hydrogens (tertiary/aromatic N) is 3. The van der Waals surface area contributed by atoms with Gasteiger partial charge in [-0.25, -0.2) is 4.98 Å². The second-order valence-electron chi connectivity index (χ2n) is 6.15. The molecule has 0 radical (unpaired) electrons. The third kappa shape index (κ3) is 4.15. The second kappa shape index (κ2) is 7.79. The predicted molar refractivity (Wildman–Crippen MR) is 96.3 cm³/mol. The van der Waals surface area contributed by atoms with Crippen LogP contribution in [-0.4, -0.2) is 53.3 Å². The molecule has 0 saturated carbocycles. The number of carbonyl (C=O) groups is 2. The van der Waals surface area contributed by atoms with Crippen LogP contribution in [0.1, 0.15) is 21.6 Å². The van der Waals surface area contributed by atoms with Gasteiger partial charge in [0.1, 0.15) is 5.69 Å². The van der Waals surface area contributed by atoms with Gasteiger partial charge in [-0.05, 0) is 30.2 Å². The van der Waals surface area contributed by atoms with Gasteiger partial charge in [0.15, 0.2) is 0 Å². The molecule has 1 aliphatic heterocycles. The maximum atomic E-state index is 12.5. The lowest BCUT2D eigenvalue weighted by Crippen LogP contribution is -2.48. The van der Waals surface area contributed by atoms with E-state index in [0.717, 1.165) is 18.6 Å². The number of aromatic nitrogens is 1. The minimum Gasteiger partial charge on any atom is -0.380 e. The van der Waals surface area contributed by atoms with Gasteiger partial charge >= 0.3 is 0 Å². The highest BCUT2D eigenvalue weighted by Crippen LogP contribution is 2.13. The molecule has 0 spiro atoms. The standard InChI is InChI=1S/C19H22N4O2/c1-15-4-2-3-5-16(15)12-20-17-6-7-18(21-13-17)19(25)23-10-8-22(14-24)9-11-23/h2-7,13-14,20H,8-12H2,1H3. The summed E-state index contributed by atoms with van der Waals surface area (Å²) in [6.07, 6.45) is 2.52. The first-order valence-corrected chi connectivity index (χ1v) is 8.40. The summed E-state index contributed by atoms with van der Waals surface area (Å²) in [5.74, 6) is -0.0870. The van der Waals surface area contributed by atoms with Crippen molar-refractivity contribution in [2.24, 2.45) is 0 Å². The highest BCUT2D eigenvalue weighted by molar-refractivity contribution is 5.92. The first-order chi connectivity index (χ1) is 12.2. The fourth-order valence-electron chi connectivity index (χ4n) is 2.82. The van der Waals surface area contributed by atoms with Crippen LogP contribution >= 0.6 is 0 Å². The minimum atomic E-state index is -0.0870. The Labute approximate surface area is 147 Å². The zero-order chi connectivity index (χ0) is 17.6. The number of nitrogens with one attached hydrogen (secondary N) is 1. The van der Waals surface area contributed by atoms with Crippen LogP contribution in [0.2, 0.25) is 0 Å². The summed E-state index contributed by atoms with van der Waals surface area (Å²) < 4.78 is 0. The van der Waals surface area contributed by atoms with E-state index in [-0.39, 0.29) is 5.91 Å². The Balaban J connectivity index is 1.57. The number of carbonyl (C=O) groups excluding carboxylic acids is 2. The summed E-state index contributed by atoms with van der Waals surface area (Å²) in [7, 11) is 0. The van der Waals surface area contributed by atoms with Crippen LogP contribution in [-0.2, 0) is 11.3 Å². The van der Waals surface area contributed by atoms with E-state index in [4.69, 9.17) is 0 Å². The van der Waals surface area contributed by atoms with Gasteiger partial charge in [0, 0.05) is 32.7 Å². The summed E-state index contributed by atoms with van der Waals surface area (Å²) in [5.41, 5.74) is 3.78. The number of rotatable bonds is 5. The monoisotopic (exact) mass is 338 g/mol. The lowest BCUT2D eigenvalue weighted by Gasteiger charge is -2.32. The molecule has 0 unspecified atom stereocenters. The Morgan fingerprint density at radius 2 is 1.92 bits per heavy atom. The molecule has 2 aromatic rings. The van der Waals surface area contributed by atoms with Gasteiger partial charge in [0.05, 0.1) is 11.9 Å². The Morgan fingerprint density at radius 3 is 2.56 bits per heavy atom. The van der Waals surface area contributed by atoms with E-state index in [2.05, 4.69) is 29.4 Å². The van der Waals surface area contributed by atoms with Crippen LogP contribution < -0.4 is 5.32 Å². The van der Waals surface area contributed by atoms with Crippen LogP contribution in [0.25, 0.3) is 0 Å². The SMILES string of the molecule is Cc1ccccc1CNc1ccc(C(=O)N2CCN(C=O)CC2)nc1. The molecule has 25 heavy (non-hydrogen) atoms. The molecule has 1 aromatic carbocycles. The first-order valence-electron chi connectivity index (χ1n) is 8.40. The molecule has 1 fully saturated rings. The van der Waals surface area contributed by atoms with Crippen molar-refractivity contribution >= 4 is 18.0 Å². The molecule has 0 bridgehead atoms. The number of benzene rings is 1. The van der Waals surface area contributed by atoms with Crippen LogP contribution in [0.4, 0.5) is 5.69 Å². The maximum Gasteiger partial charge on any atom is 0.272 e. The zero-order valence-electron chi connectivity index (χ0n) is 14.3. The number of hydrogen-bond donors (Lipinski definition) is 1.